The molecule has 110 valence electrons. The average Bonchev–Trinajstić information content (AvgIpc) is 3.03. The minimum absolute atomic E-state index is 0.0244. The molecule has 0 bridgehead atoms. The lowest BCUT2D eigenvalue weighted by atomic mass is 10.1. The fraction of sp³-hybridized carbons (Fsp3) is 0.286. The molecule has 0 radical (unpaired) electrons. The van der Waals surface area contributed by atoms with Crippen LogP contribution in [0.4, 0.5) is 0 Å². The Bertz CT molecular complexity index is 769. The van der Waals surface area contributed by atoms with E-state index in [1.165, 1.54) is 0 Å². The van der Waals surface area contributed by atoms with E-state index in [-0.39, 0.29) is 10.5 Å². The van der Waals surface area contributed by atoms with Gasteiger partial charge in [0.25, 0.3) is 5.89 Å². The van der Waals surface area contributed by atoms with Crippen LogP contribution in [0.25, 0.3) is 22.6 Å². The maximum Gasteiger partial charge on any atom is 0.283 e. The van der Waals surface area contributed by atoms with Gasteiger partial charge in [0.1, 0.15) is 5.58 Å². The monoisotopic (exact) mass is 340 g/mol. The Morgan fingerprint density at radius 2 is 2.00 bits per heavy atom. The van der Waals surface area contributed by atoms with E-state index < -0.39 is 0 Å². The highest BCUT2D eigenvalue weighted by molar-refractivity contribution is 7.99. The average molecular weight is 341 g/mol. The Morgan fingerprint density at radius 1 is 1.19 bits per heavy atom. The van der Waals surface area contributed by atoms with Crippen molar-refractivity contribution < 1.29 is 8.83 Å². The van der Waals surface area contributed by atoms with Crippen molar-refractivity contribution in [3.8, 4) is 11.7 Å². The van der Waals surface area contributed by atoms with Crippen LogP contribution in [0.1, 0.15) is 25.2 Å². The van der Waals surface area contributed by atoms with Crippen molar-refractivity contribution in [2.75, 3.05) is 0 Å². The molecule has 0 saturated carbocycles. The van der Waals surface area contributed by atoms with Crippen molar-refractivity contribution in [3.63, 3.8) is 0 Å². The Hall–Kier alpha value is -1.11. The van der Waals surface area contributed by atoms with Crippen LogP contribution >= 0.6 is 36.9 Å². The molecule has 7 heteroatoms. The smallest absolute Gasteiger partial charge is 0.283 e. The Morgan fingerprint density at radius 3 is 2.76 bits per heavy atom. The Balaban J connectivity index is 1.90. The zero-order chi connectivity index (χ0) is 15.0. The van der Waals surface area contributed by atoms with Gasteiger partial charge in [-0.05, 0) is 30.7 Å². The summed E-state index contributed by atoms with van der Waals surface area (Å²) in [4.78, 5) is 0. The number of thiol groups is 2. The SMILES string of the molecule is CC(CC(S)S)c1nnc(-c2cc3cc(Cl)ccc3o2)o1. The molecule has 0 aliphatic heterocycles. The van der Waals surface area contributed by atoms with Crippen molar-refractivity contribution in [1.82, 2.24) is 10.2 Å². The zero-order valence-electron chi connectivity index (χ0n) is 11.2. The number of hydrogen-bond acceptors (Lipinski definition) is 6. The predicted octanol–water partition coefficient (Wildman–Crippen LogP) is 4.82. The van der Waals surface area contributed by atoms with E-state index in [1.807, 2.05) is 25.1 Å². The topological polar surface area (TPSA) is 52.1 Å². The number of furan rings is 1. The molecule has 0 spiro atoms. The van der Waals surface area contributed by atoms with Crippen LogP contribution in [-0.2, 0) is 0 Å². The maximum absolute atomic E-state index is 5.96. The van der Waals surface area contributed by atoms with Crippen LogP contribution in [0.2, 0.25) is 5.02 Å². The minimum atomic E-state index is -0.0244. The second-order valence-corrected chi connectivity index (χ2v) is 6.95. The summed E-state index contributed by atoms with van der Waals surface area (Å²) in [6, 6.07) is 7.25. The standard InChI is InChI=1S/C14H13ClN2O2S2/c1-7(4-12(20)21)13-16-17-14(19-13)11-6-8-5-9(15)2-3-10(8)18-11/h2-3,5-7,12,20-21H,4H2,1H3. The highest BCUT2D eigenvalue weighted by Gasteiger charge is 2.18. The molecule has 3 aromatic rings. The van der Waals surface area contributed by atoms with Gasteiger partial charge in [-0.1, -0.05) is 18.5 Å². The first-order valence-electron chi connectivity index (χ1n) is 6.42. The maximum atomic E-state index is 5.96. The highest BCUT2D eigenvalue weighted by atomic mass is 35.5. The molecule has 1 atom stereocenters. The first-order valence-corrected chi connectivity index (χ1v) is 7.83. The van der Waals surface area contributed by atoms with Crippen LogP contribution in [-0.4, -0.2) is 14.8 Å². The minimum Gasteiger partial charge on any atom is -0.451 e. The van der Waals surface area contributed by atoms with Crippen molar-refractivity contribution in [1.29, 1.82) is 0 Å². The molecule has 4 nitrogen and oxygen atoms in total. The van der Waals surface area contributed by atoms with E-state index in [9.17, 15) is 0 Å². The van der Waals surface area contributed by atoms with Gasteiger partial charge in [0.15, 0.2) is 5.76 Å². The molecule has 0 amide bonds. The lowest BCUT2D eigenvalue weighted by Gasteiger charge is -2.07. The van der Waals surface area contributed by atoms with Gasteiger partial charge in [-0.25, -0.2) is 0 Å². The van der Waals surface area contributed by atoms with Gasteiger partial charge in [-0.15, -0.1) is 10.2 Å². The molecule has 21 heavy (non-hydrogen) atoms. The van der Waals surface area contributed by atoms with Gasteiger partial charge in [0.05, 0.1) is 0 Å². The summed E-state index contributed by atoms with van der Waals surface area (Å²) in [5.74, 6) is 1.53. The van der Waals surface area contributed by atoms with Crippen molar-refractivity contribution in [3.05, 3.63) is 35.2 Å². The molecule has 0 aliphatic carbocycles. The molecule has 0 aliphatic rings. The van der Waals surface area contributed by atoms with Gasteiger partial charge < -0.3 is 8.83 Å². The summed E-state index contributed by atoms with van der Waals surface area (Å²) in [6.07, 6.45) is 0.740. The summed E-state index contributed by atoms with van der Waals surface area (Å²) in [7, 11) is 0. The molecule has 1 aromatic carbocycles. The molecule has 1 unspecified atom stereocenters. The molecule has 0 saturated heterocycles. The van der Waals surface area contributed by atoms with E-state index in [2.05, 4.69) is 35.5 Å². The van der Waals surface area contributed by atoms with E-state index in [1.54, 1.807) is 6.07 Å². The highest BCUT2D eigenvalue weighted by Crippen LogP contribution is 2.31. The first kappa shape index (κ1) is 14.8. The third-order valence-electron chi connectivity index (χ3n) is 3.12. The first-order chi connectivity index (χ1) is 10.0. The summed E-state index contributed by atoms with van der Waals surface area (Å²) in [5, 5.41) is 9.66. The number of hydrogen-bond donors (Lipinski definition) is 2. The van der Waals surface area contributed by atoms with Crippen LogP contribution in [0.3, 0.4) is 0 Å². The second kappa shape index (κ2) is 5.94. The molecule has 0 fully saturated rings. The van der Waals surface area contributed by atoms with Crippen LogP contribution < -0.4 is 0 Å². The largest absolute Gasteiger partial charge is 0.451 e. The summed E-state index contributed by atoms with van der Waals surface area (Å²) in [6.45, 7) is 2.00. The predicted molar refractivity (Wildman–Crippen MR) is 89.3 cm³/mol. The number of rotatable bonds is 4. The molecular formula is C14H13ClN2O2S2. The van der Waals surface area contributed by atoms with E-state index in [0.29, 0.717) is 22.6 Å². The summed E-state index contributed by atoms with van der Waals surface area (Å²) < 4.78 is 11.3. The number of nitrogens with zero attached hydrogens (tertiary/aromatic N) is 2. The normalized spacial score (nSPS) is 13.2. The fourth-order valence-corrected chi connectivity index (χ4v) is 2.88. The van der Waals surface area contributed by atoms with Crippen LogP contribution in [0.15, 0.2) is 33.1 Å². The molecule has 2 heterocycles. The summed E-state index contributed by atoms with van der Waals surface area (Å²) in [5.41, 5.74) is 0.730. The third kappa shape index (κ3) is 3.22. The van der Waals surface area contributed by atoms with E-state index >= 15 is 0 Å². The number of aromatic nitrogens is 2. The van der Waals surface area contributed by atoms with E-state index in [4.69, 9.17) is 20.4 Å². The van der Waals surface area contributed by atoms with Crippen molar-refractivity contribution in [2.24, 2.45) is 0 Å². The van der Waals surface area contributed by atoms with Crippen LogP contribution in [0.5, 0.6) is 0 Å². The summed E-state index contributed by atoms with van der Waals surface area (Å²) >= 11 is 14.5. The van der Waals surface area contributed by atoms with Gasteiger partial charge >= 0.3 is 0 Å². The fourth-order valence-electron chi connectivity index (χ4n) is 2.07. The van der Waals surface area contributed by atoms with Crippen molar-refractivity contribution in [2.45, 2.75) is 23.8 Å². The molecule has 3 rings (SSSR count). The number of halogens is 1. The molecular weight excluding hydrogens is 328 g/mol. The number of benzene rings is 1. The quantitative estimate of drug-likeness (QED) is 0.528. The third-order valence-corrected chi connectivity index (χ3v) is 3.77. The van der Waals surface area contributed by atoms with Gasteiger partial charge in [0.2, 0.25) is 5.89 Å². The zero-order valence-corrected chi connectivity index (χ0v) is 13.7. The van der Waals surface area contributed by atoms with E-state index in [0.717, 1.165) is 17.4 Å². The van der Waals surface area contributed by atoms with Gasteiger partial charge in [-0.2, -0.15) is 25.3 Å². The molecule has 2 aromatic heterocycles. The van der Waals surface area contributed by atoms with Crippen LogP contribution in [0, 0.1) is 0 Å². The lowest BCUT2D eigenvalue weighted by molar-refractivity contribution is 0.450. The van der Waals surface area contributed by atoms with Gasteiger partial charge in [-0.3, -0.25) is 0 Å². The number of fused-ring (bicyclic) bond motifs is 1. The Kier molecular flexibility index (Phi) is 4.19. The van der Waals surface area contributed by atoms with Gasteiger partial charge in [0, 0.05) is 20.9 Å². The molecule has 0 N–H and O–H groups in total. The van der Waals surface area contributed by atoms with Crippen molar-refractivity contribution >= 4 is 47.8 Å². The second-order valence-electron chi connectivity index (χ2n) is 4.86. The lowest BCUT2D eigenvalue weighted by Crippen LogP contribution is -1.99. The Labute approximate surface area is 137 Å².